The Morgan fingerprint density at radius 2 is 1.82 bits per heavy atom. The van der Waals surface area contributed by atoms with Gasteiger partial charge in [-0.05, 0) is 65.6 Å². The van der Waals surface area contributed by atoms with E-state index in [0.717, 1.165) is 33.5 Å². The number of methoxy groups -OCH3 is 1. The van der Waals surface area contributed by atoms with Crippen LogP contribution in [0.4, 0.5) is 13.6 Å². The van der Waals surface area contributed by atoms with Crippen molar-refractivity contribution >= 4 is 29.0 Å². The lowest BCUT2D eigenvalue weighted by molar-refractivity contribution is -0.123. The molecule has 1 fully saturated rings. The van der Waals surface area contributed by atoms with Crippen molar-refractivity contribution in [2.45, 2.75) is 33.3 Å². The zero-order chi connectivity index (χ0) is 24.1. The molecule has 0 unspecified atom stereocenters. The van der Waals surface area contributed by atoms with Crippen molar-refractivity contribution in [2.75, 3.05) is 20.3 Å². The number of benzene rings is 2. The fourth-order valence-corrected chi connectivity index (χ4v) is 4.17. The summed E-state index contributed by atoms with van der Waals surface area (Å²) in [5, 5.41) is -0.396. The van der Waals surface area contributed by atoms with Gasteiger partial charge in [0.15, 0.2) is 11.5 Å². The molecule has 0 N–H and O–H groups in total. The van der Waals surface area contributed by atoms with Gasteiger partial charge >= 0.3 is 6.61 Å². The Bertz CT molecular complexity index is 1070. The zero-order valence-corrected chi connectivity index (χ0v) is 19.6. The first kappa shape index (κ1) is 24.6. The number of hydrogen-bond acceptors (Lipinski definition) is 6. The minimum Gasteiger partial charge on any atom is -0.493 e. The van der Waals surface area contributed by atoms with Gasteiger partial charge in [-0.1, -0.05) is 32.0 Å². The highest BCUT2D eigenvalue weighted by atomic mass is 32.2. The molecule has 0 aliphatic carbocycles. The van der Waals surface area contributed by atoms with E-state index in [1.165, 1.54) is 31.4 Å². The molecular formula is C24H25F2NO5S. The standard InChI is InChI=1S/C24H25F2NO5S/c1-14(2)17-7-5-15(3)11-19(17)31-10-9-27-22(28)21(33-24(27)29)13-16-6-8-18(32-23(25)26)20(12-16)30-4/h5-8,11-14,23H,9-10H2,1-4H3/b21-13-. The normalized spacial score (nSPS) is 15.2. The number of carbonyl (C=O) groups excluding carboxylic acids is 2. The molecule has 1 aliphatic rings. The molecule has 0 bridgehead atoms. The first-order valence-electron chi connectivity index (χ1n) is 10.3. The van der Waals surface area contributed by atoms with Gasteiger partial charge in [-0.15, -0.1) is 0 Å². The van der Waals surface area contributed by atoms with Gasteiger partial charge in [-0.25, -0.2) is 0 Å². The third kappa shape index (κ3) is 6.04. The summed E-state index contributed by atoms with van der Waals surface area (Å²) in [6.07, 6.45) is 1.51. The molecule has 2 aromatic carbocycles. The van der Waals surface area contributed by atoms with Gasteiger partial charge in [-0.2, -0.15) is 8.78 Å². The Labute approximate surface area is 195 Å². The molecule has 1 heterocycles. The lowest BCUT2D eigenvalue weighted by Gasteiger charge is -2.17. The highest BCUT2D eigenvalue weighted by molar-refractivity contribution is 8.18. The molecule has 0 aromatic heterocycles. The van der Waals surface area contributed by atoms with Crippen LogP contribution in [-0.2, 0) is 4.79 Å². The third-order valence-corrected chi connectivity index (χ3v) is 5.85. The van der Waals surface area contributed by atoms with Crippen molar-refractivity contribution in [3.63, 3.8) is 0 Å². The SMILES string of the molecule is COc1cc(/C=C2\SC(=O)N(CCOc3cc(C)ccc3C(C)C)C2=O)ccc1OC(F)F. The number of carbonyl (C=O) groups is 2. The number of rotatable bonds is 9. The van der Waals surface area contributed by atoms with Crippen molar-refractivity contribution in [2.24, 2.45) is 0 Å². The number of thioether (sulfide) groups is 1. The van der Waals surface area contributed by atoms with E-state index >= 15 is 0 Å². The predicted molar refractivity (Wildman–Crippen MR) is 123 cm³/mol. The number of alkyl halides is 2. The van der Waals surface area contributed by atoms with Crippen LogP contribution in [0.25, 0.3) is 6.08 Å². The molecule has 0 radical (unpaired) electrons. The maximum absolute atomic E-state index is 12.8. The topological polar surface area (TPSA) is 65.1 Å². The summed E-state index contributed by atoms with van der Waals surface area (Å²) in [4.78, 5) is 26.5. The van der Waals surface area contributed by atoms with Crippen LogP contribution < -0.4 is 14.2 Å². The van der Waals surface area contributed by atoms with E-state index in [1.807, 2.05) is 25.1 Å². The Kier molecular flexibility index (Phi) is 7.97. The molecule has 33 heavy (non-hydrogen) atoms. The highest BCUT2D eigenvalue weighted by Crippen LogP contribution is 2.35. The van der Waals surface area contributed by atoms with Crippen molar-refractivity contribution in [1.29, 1.82) is 0 Å². The van der Waals surface area contributed by atoms with Crippen LogP contribution in [0.5, 0.6) is 17.2 Å². The third-order valence-electron chi connectivity index (χ3n) is 4.94. The quantitative estimate of drug-likeness (QED) is 0.423. The summed E-state index contributed by atoms with van der Waals surface area (Å²) >= 11 is 0.813. The second-order valence-corrected chi connectivity index (χ2v) is 8.66. The Morgan fingerprint density at radius 3 is 2.48 bits per heavy atom. The van der Waals surface area contributed by atoms with E-state index in [1.54, 1.807) is 0 Å². The number of hydrogen-bond donors (Lipinski definition) is 0. The number of imide groups is 1. The highest BCUT2D eigenvalue weighted by Gasteiger charge is 2.35. The van der Waals surface area contributed by atoms with Crippen LogP contribution in [-0.4, -0.2) is 42.9 Å². The van der Waals surface area contributed by atoms with Crippen molar-refractivity contribution in [1.82, 2.24) is 4.90 Å². The lowest BCUT2D eigenvalue weighted by Crippen LogP contribution is -2.32. The molecule has 1 saturated heterocycles. The van der Waals surface area contributed by atoms with Crippen LogP contribution in [0.15, 0.2) is 41.3 Å². The Balaban J connectivity index is 1.69. The summed E-state index contributed by atoms with van der Waals surface area (Å²) in [6.45, 7) is 3.40. The van der Waals surface area contributed by atoms with Crippen molar-refractivity contribution in [3.8, 4) is 17.2 Å². The smallest absolute Gasteiger partial charge is 0.387 e. The number of ether oxygens (including phenoxy) is 3. The Morgan fingerprint density at radius 1 is 1.06 bits per heavy atom. The van der Waals surface area contributed by atoms with E-state index < -0.39 is 17.8 Å². The van der Waals surface area contributed by atoms with Gasteiger partial charge < -0.3 is 14.2 Å². The fraction of sp³-hybridized carbons (Fsp3) is 0.333. The van der Waals surface area contributed by atoms with E-state index in [-0.39, 0.29) is 35.5 Å². The maximum Gasteiger partial charge on any atom is 0.387 e. The molecule has 176 valence electrons. The van der Waals surface area contributed by atoms with Gasteiger partial charge in [0.25, 0.3) is 11.1 Å². The molecule has 2 aromatic rings. The first-order valence-corrected chi connectivity index (χ1v) is 11.1. The zero-order valence-electron chi connectivity index (χ0n) is 18.8. The predicted octanol–water partition coefficient (Wildman–Crippen LogP) is 5.84. The van der Waals surface area contributed by atoms with E-state index in [4.69, 9.17) is 9.47 Å². The van der Waals surface area contributed by atoms with Gasteiger partial charge in [0, 0.05) is 0 Å². The van der Waals surface area contributed by atoms with Crippen LogP contribution in [0.1, 0.15) is 36.5 Å². The molecule has 0 spiro atoms. The van der Waals surface area contributed by atoms with Crippen LogP contribution in [0.3, 0.4) is 0 Å². The van der Waals surface area contributed by atoms with Crippen molar-refractivity contribution < 1.29 is 32.6 Å². The molecule has 3 rings (SSSR count). The first-order chi connectivity index (χ1) is 15.7. The minimum absolute atomic E-state index is 0.0933. The van der Waals surface area contributed by atoms with Crippen LogP contribution in [0.2, 0.25) is 0 Å². The molecule has 0 saturated carbocycles. The molecule has 9 heteroatoms. The van der Waals surface area contributed by atoms with E-state index in [2.05, 4.69) is 18.6 Å². The summed E-state index contributed by atoms with van der Waals surface area (Å²) in [7, 11) is 1.32. The number of amides is 2. The summed E-state index contributed by atoms with van der Waals surface area (Å²) in [5.74, 6) is 0.553. The lowest BCUT2D eigenvalue weighted by atomic mass is 10.0. The second kappa shape index (κ2) is 10.7. The molecule has 2 amide bonds. The minimum atomic E-state index is -2.99. The van der Waals surface area contributed by atoms with Gasteiger partial charge in [-0.3, -0.25) is 14.5 Å². The van der Waals surface area contributed by atoms with Gasteiger partial charge in [0.05, 0.1) is 18.6 Å². The van der Waals surface area contributed by atoms with Crippen LogP contribution >= 0.6 is 11.8 Å². The molecule has 1 aliphatic heterocycles. The number of halogens is 2. The number of aryl methyl sites for hydroxylation is 1. The molecular weight excluding hydrogens is 452 g/mol. The fourth-order valence-electron chi connectivity index (χ4n) is 3.30. The van der Waals surface area contributed by atoms with Crippen LogP contribution in [0, 0.1) is 6.92 Å². The maximum atomic E-state index is 12.8. The second-order valence-electron chi connectivity index (χ2n) is 7.67. The van der Waals surface area contributed by atoms with Gasteiger partial charge in [0.2, 0.25) is 0 Å². The number of nitrogens with zero attached hydrogens (tertiary/aromatic N) is 1. The van der Waals surface area contributed by atoms with E-state index in [0.29, 0.717) is 5.56 Å². The summed E-state index contributed by atoms with van der Waals surface area (Å²) < 4.78 is 40.4. The molecule has 6 nitrogen and oxygen atoms in total. The monoisotopic (exact) mass is 477 g/mol. The van der Waals surface area contributed by atoms with Gasteiger partial charge in [0.1, 0.15) is 12.4 Å². The van der Waals surface area contributed by atoms with Crippen molar-refractivity contribution in [3.05, 3.63) is 58.0 Å². The largest absolute Gasteiger partial charge is 0.493 e. The van der Waals surface area contributed by atoms with E-state index in [9.17, 15) is 18.4 Å². The summed E-state index contributed by atoms with van der Waals surface area (Å²) in [5.41, 5.74) is 2.63. The summed E-state index contributed by atoms with van der Waals surface area (Å²) in [6, 6.07) is 10.3. The average Bonchev–Trinajstić information content (AvgIpc) is 3.01. The average molecular weight is 478 g/mol. The molecule has 0 atom stereocenters. The Hall–Kier alpha value is -3.07.